The Bertz CT molecular complexity index is 425. The number of benzene rings is 1. The van der Waals surface area contributed by atoms with Crippen LogP contribution in [0.4, 0.5) is 4.39 Å². The van der Waals surface area contributed by atoms with E-state index in [-0.39, 0.29) is 17.5 Å². The average Bonchev–Trinajstić information content (AvgIpc) is 2.37. The smallest absolute Gasteiger partial charge is 0.340 e. The number of esters is 1. The molecule has 0 amide bonds. The molecule has 2 unspecified atom stereocenters. The number of aliphatic hydroxyl groups is 2. The standard InChI is InChI=1S/C12H15FO4S/c1-17-12(16)8-3-2-7(6-9(8)13)11(15)10(14)4-5-18/h2-3,6,10-11,14-15,18H,4-5H2,1H3. The number of thiol groups is 1. The predicted molar refractivity (Wildman–Crippen MR) is 67.2 cm³/mol. The van der Waals surface area contributed by atoms with Crippen molar-refractivity contribution < 1.29 is 24.1 Å². The highest BCUT2D eigenvalue weighted by Gasteiger charge is 2.20. The van der Waals surface area contributed by atoms with E-state index in [1.54, 1.807) is 0 Å². The Morgan fingerprint density at radius 1 is 1.50 bits per heavy atom. The van der Waals surface area contributed by atoms with Crippen LogP contribution in [-0.2, 0) is 4.74 Å². The summed E-state index contributed by atoms with van der Waals surface area (Å²) in [5, 5.41) is 19.3. The number of carbonyl (C=O) groups excluding carboxylic acids is 1. The Balaban J connectivity index is 2.93. The van der Waals surface area contributed by atoms with Crippen LogP contribution in [0.3, 0.4) is 0 Å². The van der Waals surface area contributed by atoms with Gasteiger partial charge in [-0.25, -0.2) is 9.18 Å². The topological polar surface area (TPSA) is 66.8 Å². The largest absolute Gasteiger partial charge is 0.465 e. The van der Waals surface area contributed by atoms with E-state index in [9.17, 15) is 19.4 Å². The molecule has 18 heavy (non-hydrogen) atoms. The SMILES string of the molecule is COC(=O)c1ccc(C(O)C(O)CCS)cc1F. The molecule has 1 aromatic rings. The van der Waals surface area contributed by atoms with Crippen molar-refractivity contribution >= 4 is 18.6 Å². The quantitative estimate of drug-likeness (QED) is 0.560. The Labute approximate surface area is 110 Å². The van der Waals surface area contributed by atoms with Gasteiger partial charge < -0.3 is 14.9 Å². The highest BCUT2D eigenvalue weighted by Crippen LogP contribution is 2.22. The van der Waals surface area contributed by atoms with E-state index in [2.05, 4.69) is 17.4 Å². The molecule has 0 aliphatic carbocycles. The van der Waals surface area contributed by atoms with Crippen molar-refractivity contribution in [1.29, 1.82) is 0 Å². The molecular formula is C12H15FO4S. The Morgan fingerprint density at radius 2 is 2.17 bits per heavy atom. The number of rotatable bonds is 5. The maximum atomic E-state index is 13.6. The zero-order valence-corrected chi connectivity index (χ0v) is 10.7. The number of carbonyl (C=O) groups is 1. The zero-order chi connectivity index (χ0) is 13.7. The van der Waals surface area contributed by atoms with E-state index in [0.717, 1.165) is 13.2 Å². The summed E-state index contributed by atoms with van der Waals surface area (Å²) in [6, 6.07) is 3.60. The van der Waals surface area contributed by atoms with Crippen LogP contribution in [0.15, 0.2) is 18.2 Å². The molecule has 1 rings (SSSR count). The Morgan fingerprint density at radius 3 is 2.67 bits per heavy atom. The molecule has 0 saturated carbocycles. The van der Waals surface area contributed by atoms with Gasteiger partial charge >= 0.3 is 5.97 Å². The van der Waals surface area contributed by atoms with E-state index in [1.807, 2.05) is 0 Å². The molecule has 0 radical (unpaired) electrons. The Kier molecular flexibility index (Phi) is 5.58. The number of hydrogen-bond acceptors (Lipinski definition) is 5. The van der Waals surface area contributed by atoms with Gasteiger partial charge in [0.05, 0.1) is 18.8 Å². The molecule has 0 aliphatic rings. The monoisotopic (exact) mass is 274 g/mol. The van der Waals surface area contributed by atoms with Crippen molar-refractivity contribution in [3.05, 3.63) is 35.1 Å². The summed E-state index contributed by atoms with van der Waals surface area (Å²) in [7, 11) is 1.15. The number of methoxy groups -OCH3 is 1. The van der Waals surface area contributed by atoms with Gasteiger partial charge in [-0.1, -0.05) is 6.07 Å². The van der Waals surface area contributed by atoms with Gasteiger partial charge in [0.2, 0.25) is 0 Å². The highest BCUT2D eigenvalue weighted by atomic mass is 32.1. The van der Waals surface area contributed by atoms with E-state index in [4.69, 9.17) is 0 Å². The fraction of sp³-hybridized carbons (Fsp3) is 0.417. The van der Waals surface area contributed by atoms with Crippen LogP contribution in [0.2, 0.25) is 0 Å². The first-order valence-corrected chi connectivity index (χ1v) is 5.99. The molecule has 100 valence electrons. The van der Waals surface area contributed by atoms with Gasteiger partial charge in [-0.3, -0.25) is 0 Å². The minimum Gasteiger partial charge on any atom is -0.465 e. The summed E-state index contributed by atoms with van der Waals surface area (Å²) >= 11 is 3.94. The minimum atomic E-state index is -1.21. The maximum absolute atomic E-state index is 13.6. The van der Waals surface area contributed by atoms with Crippen LogP contribution < -0.4 is 0 Å². The van der Waals surface area contributed by atoms with Crippen LogP contribution in [0.1, 0.15) is 28.4 Å². The minimum absolute atomic E-state index is 0.203. The van der Waals surface area contributed by atoms with Crippen molar-refractivity contribution in [3.63, 3.8) is 0 Å². The molecule has 0 aromatic heterocycles. The average molecular weight is 274 g/mol. The lowest BCUT2D eigenvalue weighted by atomic mass is 10.0. The molecule has 2 atom stereocenters. The van der Waals surface area contributed by atoms with Crippen molar-refractivity contribution in [2.45, 2.75) is 18.6 Å². The molecule has 0 heterocycles. The molecule has 0 spiro atoms. The summed E-state index contributed by atoms with van der Waals surface area (Å²) in [4.78, 5) is 11.2. The van der Waals surface area contributed by atoms with Crippen LogP contribution in [0.5, 0.6) is 0 Å². The van der Waals surface area contributed by atoms with Crippen LogP contribution in [0, 0.1) is 5.82 Å². The first kappa shape index (κ1) is 14.9. The molecule has 1 aromatic carbocycles. The first-order chi connectivity index (χ1) is 8.51. The zero-order valence-electron chi connectivity index (χ0n) is 9.84. The van der Waals surface area contributed by atoms with Gasteiger partial charge in [-0.05, 0) is 29.9 Å². The lowest BCUT2D eigenvalue weighted by molar-refractivity contribution is 0.0170. The van der Waals surface area contributed by atoms with E-state index >= 15 is 0 Å². The van der Waals surface area contributed by atoms with Crippen LogP contribution >= 0.6 is 12.6 Å². The summed E-state index contributed by atoms with van der Waals surface area (Å²) in [6.45, 7) is 0. The number of halogens is 1. The van der Waals surface area contributed by atoms with E-state index in [0.29, 0.717) is 5.75 Å². The van der Waals surface area contributed by atoms with Crippen LogP contribution in [0.25, 0.3) is 0 Å². The van der Waals surface area contributed by atoms with Crippen LogP contribution in [-0.4, -0.2) is 35.1 Å². The fourth-order valence-electron chi connectivity index (χ4n) is 1.50. The molecule has 0 saturated heterocycles. The molecule has 0 fully saturated rings. The van der Waals surface area contributed by atoms with E-state index < -0.39 is 24.0 Å². The van der Waals surface area contributed by atoms with Crippen molar-refractivity contribution in [2.24, 2.45) is 0 Å². The summed E-state index contributed by atoms with van der Waals surface area (Å²) in [5.41, 5.74) is -0.00780. The Hall–Kier alpha value is -1.11. The normalized spacial score (nSPS) is 14.1. The third-order valence-corrected chi connectivity index (χ3v) is 2.79. The number of ether oxygens (including phenoxy) is 1. The molecule has 0 aliphatic heterocycles. The van der Waals surface area contributed by atoms with Crippen molar-refractivity contribution in [1.82, 2.24) is 0 Å². The second-order valence-electron chi connectivity index (χ2n) is 3.76. The van der Waals surface area contributed by atoms with Gasteiger partial charge in [0.25, 0.3) is 0 Å². The van der Waals surface area contributed by atoms with Gasteiger partial charge in [0.1, 0.15) is 11.9 Å². The lowest BCUT2D eigenvalue weighted by Gasteiger charge is -2.17. The van der Waals surface area contributed by atoms with E-state index in [1.165, 1.54) is 12.1 Å². The fourth-order valence-corrected chi connectivity index (χ4v) is 1.77. The lowest BCUT2D eigenvalue weighted by Crippen LogP contribution is -2.19. The summed E-state index contributed by atoms with van der Waals surface area (Å²) in [5.74, 6) is -1.18. The predicted octanol–water partition coefficient (Wildman–Crippen LogP) is 1.33. The number of hydrogen-bond donors (Lipinski definition) is 3. The van der Waals surface area contributed by atoms with Crippen molar-refractivity contribution in [2.75, 3.05) is 12.9 Å². The third-order valence-electron chi connectivity index (χ3n) is 2.53. The second kappa shape index (κ2) is 6.72. The molecule has 0 bridgehead atoms. The second-order valence-corrected chi connectivity index (χ2v) is 4.20. The summed E-state index contributed by atoms with van der Waals surface area (Å²) < 4.78 is 18.0. The van der Waals surface area contributed by atoms with Gasteiger partial charge in [-0.15, -0.1) is 0 Å². The molecule has 6 heteroatoms. The number of aliphatic hydroxyl groups excluding tert-OH is 2. The van der Waals surface area contributed by atoms with Gasteiger partial charge in [-0.2, -0.15) is 12.6 Å². The molecule has 2 N–H and O–H groups in total. The first-order valence-electron chi connectivity index (χ1n) is 5.36. The van der Waals surface area contributed by atoms with Crippen molar-refractivity contribution in [3.8, 4) is 0 Å². The molecular weight excluding hydrogens is 259 g/mol. The molecule has 4 nitrogen and oxygen atoms in total. The maximum Gasteiger partial charge on any atom is 0.340 e. The van der Waals surface area contributed by atoms with Gasteiger partial charge in [0.15, 0.2) is 0 Å². The highest BCUT2D eigenvalue weighted by molar-refractivity contribution is 7.80. The van der Waals surface area contributed by atoms with Gasteiger partial charge in [0, 0.05) is 0 Å². The summed E-state index contributed by atoms with van der Waals surface area (Å²) in [6.07, 6.45) is -1.95. The third kappa shape index (κ3) is 3.44.